The van der Waals surface area contributed by atoms with Gasteiger partial charge in [-0.1, -0.05) is 37.3 Å². The van der Waals surface area contributed by atoms with Gasteiger partial charge in [0.1, 0.15) is 0 Å². The lowest BCUT2D eigenvalue weighted by Crippen LogP contribution is -2.35. The number of hydrogen-bond acceptors (Lipinski definition) is 3. The minimum Gasteiger partial charge on any atom is -0.309 e. The Morgan fingerprint density at radius 2 is 1.82 bits per heavy atom. The van der Waals surface area contributed by atoms with E-state index in [0.29, 0.717) is 0 Å². The Morgan fingerprint density at radius 3 is 2.29 bits per heavy atom. The Balaban J connectivity index is 2.96. The fourth-order valence-electron chi connectivity index (χ4n) is 1.76. The monoisotopic (exact) mass is 255 g/mol. The number of benzene rings is 1. The first-order chi connectivity index (χ1) is 7.96. The van der Waals surface area contributed by atoms with Gasteiger partial charge >= 0.3 is 0 Å². The van der Waals surface area contributed by atoms with E-state index in [2.05, 4.69) is 12.2 Å². The lowest BCUT2D eigenvalue weighted by molar-refractivity contribution is 0.500. The van der Waals surface area contributed by atoms with Crippen LogP contribution in [-0.4, -0.2) is 26.5 Å². The zero-order chi connectivity index (χ0) is 12.9. The molecule has 0 bridgehead atoms. The first-order valence-corrected chi connectivity index (χ1v) is 7.89. The summed E-state index contributed by atoms with van der Waals surface area (Å²) in [6, 6.07) is 9.61. The number of hydrogen-bond donors (Lipinski definition) is 1. The van der Waals surface area contributed by atoms with Gasteiger partial charge in [-0.3, -0.25) is 0 Å². The second-order valence-corrected chi connectivity index (χ2v) is 6.78. The van der Waals surface area contributed by atoms with Gasteiger partial charge in [0.15, 0.2) is 9.84 Å². The largest absolute Gasteiger partial charge is 0.309 e. The molecule has 17 heavy (non-hydrogen) atoms. The van der Waals surface area contributed by atoms with E-state index >= 15 is 0 Å². The number of rotatable bonds is 6. The van der Waals surface area contributed by atoms with Crippen LogP contribution < -0.4 is 5.32 Å². The van der Waals surface area contributed by atoms with Gasteiger partial charge in [0, 0.05) is 12.3 Å². The van der Waals surface area contributed by atoms with Gasteiger partial charge in [-0.05, 0) is 25.5 Å². The first-order valence-electron chi connectivity index (χ1n) is 5.94. The zero-order valence-electron chi connectivity index (χ0n) is 10.7. The summed E-state index contributed by atoms with van der Waals surface area (Å²) in [6.45, 7) is 4.65. The molecule has 2 unspecified atom stereocenters. The van der Waals surface area contributed by atoms with E-state index in [4.69, 9.17) is 0 Å². The molecule has 1 rings (SSSR count). The van der Waals surface area contributed by atoms with Crippen LogP contribution in [0.25, 0.3) is 0 Å². The molecule has 0 saturated heterocycles. The third-order valence-electron chi connectivity index (χ3n) is 2.92. The fourth-order valence-corrected chi connectivity index (χ4v) is 2.51. The molecule has 1 N–H and O–H groups in total. The molecule has 0 saturated carbocycles. The smallest absolute Gasteiger partial charge is 0.151 e. The maximum Gasteiger partial charge on any atom is 0.151 e. The Bertz CT molecular complexity index is 428. The minimum absolute atomic E-state index is 0.133. The van der Waals surface area contributed by atoms with Gasteiger partial charge < -0.3 is 5.32 Å². The van der Waals surface area contributed by atoms with Crippen LogP contribution in [0.15, 0.2) is 30.3 Å². The molecular weight excluding hydrogens is 234 g/mol. The predicted molar refractivity (Wildman–Crippen MR) is 71.8 cm³/mol. The van der Waals surface area contributed by atoms with Crippen LogP contribution in [0.3, 0.4) is 0 Å². The Labute approximate surface area is 104 Å². The third-order valence-corrected chi connectivity index (χ3v) is 4.54. The normalized spacial score (nSPS) is 15.5. The van der Waals surface area contributed by atoms with Gasteiger partial charge in [0.05, 0.1) is 5.25 Å². The molecule has 4 heteroatoms. The van der Waals surface area contributed by atoms with Crippen molar-refractivity contribution >= 4 is 9.84 Å². The third kappa shape index (κ3) is 4.13. The van der Waals surface area contributed by atoms with E-state index in [-0.39, 0.29) is 6.04 Å². The molecule has 96 valence electrons. The molecule has 1 aromatic carbocycles. The number of sulfone groups is 1. The van der Waals surface area contributed by atoms with Gasteiger partial charge in [0.2, 0.25) is 0 Å². The van der Waals surface area contributed by atoms with E-state index < -0.39 is 15.1 Å². The van der Waals surface area contributed by atoms with Crippen molar-refractivity contribution in [2.75, 3.05) is 12.8 Å². The van der Waals surface area contributed by atoms with Crippen LogP contribution in [-0.2, 0) is 9.84 Å². The molecule has 0 aromatic heterocycles. The van der Waals surface area contributed by atoms with E-state index in [1.165, 1.54) is 6.26 Å². The summed E-state index contributed by atoms with van der Waals surface area (Å²) in [7, 11) is -3.04. The molecule has 0 radical (unpaired) electrons. The van der Waals surface area contributed by atoms with Gasteiger partial charge in [-0.25, -0.2) is 8.42 Å². The summed E-state index contributed by atoms with van der Waals surface area (Å²) in [5.74, 6) is 0. The molecule has 0 aliphatic heterocycles. The topological polar surface area (TPSA) is 46.2 Å². The second-order valence-electron chi connectivity index (χ2n) is 4.38. The zero-order valence-corrected chi connectivity index (χ0v) is 11.5. The number of nitrogens with one attached hydrogen (secondary N) is 1. The van der Waals surface area contributed by atoms with Crippen molar-refractivity contribution in [3.05, 3.63) is 35.9 Å². The highest BCUT2D eigenvalue weighted by Crippen LogP contribution is 2.21. The average molecular weight is 255 g/mol. The molecule has 2 atom stereocenters. The molecule has 3 nitrogen and oxygen atoms in total. The summed E-state index contributed by atoms with van der Waals surface area (Å²) in [5, 5.41) is 2.89. The quantitative estimate of drug-likeness (QED) is 0.847. The summed E-state index contributed by atoms with van der Waals surface area (Å²) < 4.78 is 23.3. The molecule has 0 aliphatic carbocycles. The van der Waals surface area contributed by atoms with Crippen molar-refractivity contribution < 1.29 is 8.42 Å². The molecular formula is C13H21NO2S. The predicted octanol–water partition coefficient (Wildman–Crippen LogP) is 2.16. The van der Waals surface area contributed by atoms with Crippen molar-refractivity contribution in [2.24, 2.45) is 0 Å². The minimum atomic E-state index is -3.04. The average Bonchev–Trinajstić information content (AvgIpc) is 2.29. The molecule has 0 amide bonds. The highest BCUT2D eigenvalue weighted by atomic mass is 32.2. The molecule has 0 fully saturated rings. The maximum atomic E-state index is 11.7. The van der Waals surface area contributed by atoms with Crippen molar-refractivity contribution in [3.63, 3.8) is 0 Å². The van der Waals surface area contributed by atoms with E-state index in [9.17, 15) is 8.42 Å². The van der Waals surface area contributed by atoms with Crippen LogP contribution >= 0.6 is 0 Å². The van der Waals surface area contributed by atoms with Crippen molar-refractivity contribution in [3.8, 4) is 0 Å². The van der Waals surface area contributed by atoms with E-state index in [1.807, 2.05) is 30.3 Å². The Hall–Kier alpha value is -0.870. The van der Waals surface area contributed by atoms with Gasteiger partial charge in [-0.2, -0.15) is 0 Å². The summed E-state index contributed by atoms with van der Waals surface area (Å²) in [5.41, 5.74) is 1.03. The van der Waals surface area contributed by atoms with Crippen LogP contribution in [0, 0.1) is 0 Å². The lowest BCUT2D eigenvalue weighted by atomic mass is 10.0. The first kappa shape index (κ1) is 14.2. The summed E-state index contributed by atoms with van der Waals surface area (Å²) >= 11 is 0. The van der Waals surface area contributed by atoms with Crippen molar-refractivity contribution in [1.29, 1.82) is 0 Å². The summed E-state index contributed by atoms with van der Waals surface area (Å²) in [4.78, 5) is 0. The lowest BCUT2D eigenvalue weighted by Gasteiger charge is -2.24. The van der Waals surface area contributed by atoms with Crippen LogP contribution in [0.4, 0.5) is 0 Å². The van der Waals surface area contributed by atoms with E-state index in [1.54, 1.807) is 6.92 Å². The highest BCUT2D eigenvalue weighted by molar-refractivity contribution is 7.91. The van der Waals surface area contributed by atoms with Gasteiger partial charge in [-0.15, -0.1) is 0 Å². The second kappa shape index (κ2) is 6.17. The standard InChI is InChI=1S/C13H21NO2S/c1-4-10-14-13(11(2)17(3,15)16)12-8-6-5-7-9-12/h5-9,11,13-14H,4,10H2,1-3H3. The molecule has 0 aliphatic rings. The van der Waals surface area contributed by atoms with E-state index in [0.717, 1.165) is 18.5 Å². The van der Waals surface area contributed by atoms with Crippen LogP contribution in [0.5, 0.6) is 0 Å². The molecule has 1 aromatic rings. The molecule has 0 heterocycles. The van der Waals surface area contributed by atoms with Crippen molar-refractivity contribution in [1.82, 2.24) is 5.32 Å². The van der Waals surface area contributed by atoms with Crippen LogP contribution in [0.1, 0.15) is 31.9 Å². The highest BCUT2D eigenvalue weighted by Gasteiger charge is 2.26. The molecule has 0 spiro atoms. The van der Waals surface area contributed by atoms with Gasteiger partial charge in [0.25, 0.3) is 0 Å². The summed E-state index contributed by atoms with van der Waals surface area (Å²) in [6.07, 6.45) is 2.28. The Kier molecular flexibility index (Phi) is 5.15. The fraction of sp³-hybridized carbons (Fsp3) is 0.538. The maximum absolute atomic E-state index is 11.7. The Morgan fingerprint density at radius 1 is 1.24 bits per heavy atom. The van der Waals surface area contributed by atoms with Crippen molar-refractivity contribution in [2.45, 2.75) is 31.6 Å². The van der Waals surface area contributed by atoms with Crippen LogP contribution in [0.2, 0.25) is 0 Å². The SMILES string of the molecule is CCCNC(c1ccccc1)C(C)S(C)(=O)=O.